The summed E-state index contributed by atoms with van der Waals surface area (Å²) >= 11 is 0. The molecule has 6 heteroatoms. The number of rotatable bonds is 5. The standard InChI is InChI=1S/C12H15O5P/c1-3-4-10-9(7-18(15,16)17)5-6-11(14)12(10)8(2)13/h3,5-6,14H,1,4,7H2,2H3,(H2,15,16,17). The van der Waals surface area contributed by atoms with Crippen molar-refractivity contribution < 1.29 is 24.3 Å². The Morgan fingerprint density at radius 1 is 1.44 bits per heavy atom. The molecular formula is C12H15O5P. The van der Waals surface area contributed by atoms with Gasteiger partial charge in [0.05, 0.1) is 11.7 Å². The fourth-order valence-electron chi connectivity index (χ4n) is 1.82. The second-order valence-corrected chi connectivity index (χ2v) is 5.61. The predicted molar refractivity (Wildman–Crippen MR) is 67.8 cm³/mol. The Morgan fingerprint density at radius 2 is 2.06 bits per heavy atom. The summed E-state index contributed by atoms with van der Waals surface area (Å²) in [6, 6.07) is 2.69. The van der Waals surface area contributed by atoms with E-state index in [1.54, 1.807) is 0 Å². The van der Waals surface area contributed by atoms with Crippen LogP contribution in [0.25, 0.3) is 0 Å². The predicted octanol–water partition coefficient (Wildman–Crippen LogP) is 2.00. The maximum atomic E-state index is 11.5. The molecule has 3 N–H and O–H groups in total. The molecule has 0 aliphatic heterocycles. The fourth-order valence-corrected chi connectivity index (χ4v) is 2.56. The summed E-state index contributed by atoms with van der Waals surface area (Å²) in [7, 11) is -4.23. The number of ketones is 1. The average molecular weight is 270 g/mol. The van der Waals surface area contributed by atoms with Crippen molar-refractivity contribution in [2.45, 2.75) is 19.5 Å². The van der Waals surface area contributed by atoms with E-state index < -0.39 is 13.8 Å². The summed E-state index contributed by atoms with van der Waals surface area (Å²) in [6.45, 7) is 4.83. The van der Waals surface area contributed by atoms with Gasteiger partial charge < -0.3 is 14.9 Å². The molecule has 0 saturated carbocycles. The zero-order chi connectivity index (χ0) is 13.9. The number of hydrogen-bond acceptors (Lipinski definition) is 3. The average Bonchev–Trinajstić information content (AvgIpc) is 2.20. The fraction of sp³-hybridized carbons (Fsp3) is 0.250. The third-order valence-electron chi connectivity index (χ3n) is 2.46. The highest BCUT2D eigenvalue weighted by Gasteiger charge is 2.21. The number of hydrogen-bond donors (Lipinski definition) is 3. The van der Waals surface area contributed by atoms with E-state index in [1.807, 2.05) is 0 Å². The van der Waals surface area contributed by atoms with Gasteiger partial charge in [-0.2, -0.15) is 0 Å². The first-order valence-corrected chi connectivity index (χ1v) is 7.06. The van der Waals surface area contributed by atoms with Crippen LogP contribution < -0.4 is 0 Å². The number of aromatic hydroxyl groups is 1. The number of phenols is 1. The van der Waals surface area contributed by atoms with Crippen molar-refractivity contribution in [1.82, 2.24) is 0 Å². The number of carbonyl (C=O) groups is 1. The van der Waals surface area contributed by atoms with Gasteiger partial charge in [-0.05, 0) is 30.5 Å². The lowest BCUT2D eigenvalue weighted by Crippen LogP contribution is -2.04. The summed E-state index contributed by atoms with van der Waals surface area (Å²) in [4.78, 5) is 29.5. The van der Waals surface area contributed by atoms with Crippen LogP contribution in [0.2, 0.25) is 0 Å². The molecule has 0 aromatic heterocycles. The van der Waals surface area contributed by atoms with Gasteiger partial charge in [-0.1, -0.05) is 12.1 Å². The highest BCUT2D eigenvalue weighted by atomic mass is 31.2. The van der Waals surface area contributed by atoms with Gasteiger partial charge in [-0.15, -0.1) is 6.58 Å². The van der Waals surface area contributed by atoms with Crippen molar-refractivity contribution in [3.05, 3.63) is 41.5 Å². The second-order valence-electron chi connectivity index (χ2n) is 3.97. The van der Waals surface area contributed by atoms with Crippen molar-refractivity contribution >= 4 is 13.4 Å². The first-order valence-electron chi connectivity index (χ1n) is 5.26. The highest BCUT2D eigenvalue weighted by molar-refractivity contribution is 7.50. The van der Waals surface area contributed by atoms with Crippen LogP contribution in [0.4, 0.5) is 0 Å². The molecule has 98 valence electrons. The lowest BCUT2D eigenvalue weighted by Gasteiger charge is -2.14. The molecule has 0 atom stereocenters. The van der Waals surface area contributed by atoms with Gasteiger partial charge in [0.15, 0.2) is 5.78 Å². The van der Waals surface area contributed by atoms with Crippen molar-refractivity contribution in [3.63, 3.8) is 0 Å². The monoisotopic (exact) mass is 270 g/mol. The zero-order valence-electron chi connectivity index (χ0n) is 9.96. The lowest BCUT2D eigenvalue weighted by atomic mass is 9.96. The minimum atomic E-state index is -4.23. The van der Waals surface area contributed by atoms with Crippen molar-refractivity contribution in [3.8, 4) is 5.75 Å². The van der Waals surface area contributed by atoms with Crippen molar-refractivity contribution in [1.29, 1.82) is 0 Å². The maximum Gasteiger partial charge on any atom is 0.329 e. The van der Waals surface area contributed by atoms with E-state index in [9.17, 15) is 14.5 Å². The van der Waals surface area contributed by atoms with Crippen LogP contribution >= 0.6 is 7.60 Å². The quantitative estimate of drug-likeness (QED) is 0.432. The molecule has 0 aliphatic rings. The Labute approximate surface area is 105 Å². The summed E-state index contributed by atoms with van der Waals surface area (Å²) in [5.74, 6) is -0.536. The van der Waals surface area contributed by atoms with E-state index in [2.05, 4.69) is 6.58 Å². The molecule has 0 radical (unpaired) electrons. The van der Waals surface area contributed by atoms with Gasteiger partial charge in [0.2, 0.25) is 0 Å². The van der Waals surface area contributed by atoms with Crippen LogP contribution in [0.3, 0.4) is 0 Å². The van der Waals surface area contributed by atoms with Crippen LogP contribution in [0.15, 0.2) is 24.8 Å². The molecule has 0 fully saturated rings. The third-order valence-corrected chi connectivity index (χ3v) is 3.22. The molecule has 0 heterocycles. The van der Waals surface area contributed by atoms with Crippen LogP contribution in [0, 0.1) is 0 Å². The molecule has 0 bridgehead atoms. The number of allylic oxidation sites excluding steroid dienone is 1. The van der Waals surface area contributed by atoms with Crippen molar-refractivity contribution in [2.75, 3.05) is 0 Å². The number of carbonyl (C=O) groups excluding carboxylic acids is 1. The Morgan fingerprint density at radius 3 is 2.50 bits per heavy atom. The van der Waals surface area contributed by atoms with Crippen LogP contribution in [0.5, 0.6) is 5.75 Å². The van der Waals surface area contributed by atoms with E-state index >= 15 is 0 Å². The summed E-state index contributed by atoms with van der Waals surface area (Å²) < 4.78 is 11.0. The van der Waals surface area contributed by atoms with Gasteiger partial charge in [0.1, 0.15) is 5.75 Å². The van der Waals surface area contributed by atoms with Gasteiger partial charge in [0.25, 0.3) is 0 Å². The molecule has 18 heavy (non-hydrogen) atoms. The van der Waals surface area contributed by atoms with Crippen LogP contribution in [-0.4, -0.2) is 20.7 Å². The first-order chi connectivity index (χ1) is 8.26. The maximum absolute atomic E-state index is 11.5. The van der Waals surface area contributed by atoms with Gasteiger partial charge in [-0.3, -0.25) is 9.36 Å². The smallest absolute Gasteiger partial charge is 0.329 e. The van der Waals surface area contributed by atoms with E-state index in [-0.39, 0.29) is 23.5 Å². The largest absolute Gasteiger partial charge is 0.507 e. The second kappa shape index (κ2) is 5.48. The molecule has 1 aromatic rings. The molecule has 1 aromatic carbocycles. The SMILES string of the molecule is C=CCc1c(CP(=O)(O)O)ccc(O)c1C(C)=O. The number of Topliss-reactive ketones (excluding diaryl/α,β-unsaturated/α-hetero) is 1. The Balaban J connectivity index is 3.43. The van der Waals surface area contributed by atoms with E-state index in [0.29, 0.717) is 11.1 Å². The number of phenolic OH excluding ortho intramolecular Hbond substituents is 1. The van der Waals surface area contributed by atoms with Gasteiger partial charge in [0, 0.05) is 0 Å². The molecule has 0 unspecified atom stereocenters. The molecule has 0 amide bonds. The summed E-state index contributed by atoms with van der Waals surface area (Å²) in [5, 5.41) is 9.66. The van der Waals surface area contributed by atoms with E-state index in [1.165, 1.54) is 25.1 Å². The molecule has 5 nitrogen and oxygen atoms in total. The summed E-state index contributed by atoms with van der Waals surface area (Å²) in [6.07, 6.45) is 1.32. The van der Waals surface area contributed by atoms with Gasteiger partial charge in [-0.25, -0.2) is 0 Å². The zero-order valence-corrected chi connectivity index (χ0v) is 10.9. The first kappa shape index (κ1) is 14.6. The summed E-state index contributed by atoms with van der Waals surface area (Å²) in [5.41, 5.74) is 0.868. The van der Waals surface area contributed by atoms with E-state index in [4.69, 9.17) is 9.79 Å². The highest BCUT2D eigenvalue weighted by Crippen LogP contribution is 2.41. The van der Waals surface area contributed by atoms with E-state index in [0.717, 1.165) is 0 Å². The normalized spacial score (nSPS) is 11.3. The Hall–Kier alpha value is -1.42. The molecule has 1 rings (SSSR count). The molecule has 0 spiro atoms. The molecular weight excluding hydrogens is 255 g/mol. The minimum absolute atomic E-state index is 0.0980. The third kappa shape index (κ3) is 3.53. The lowest BCUT2D eigenvalue weighted by molar-refractivity contribution is 0.101. The minimum Gasteiger partial charge on any atom is -0.507 e. The Kier molecular flexibility index (Phi) is 4.46. The Bertz CT molecular complexity index is 530. The van der Waals surface area contributed by atoms with Crippen LogP contribution in [0.1, 0.15) is 28.4 Å². The van der Waals surface area contributed by atoms with Gasteiger partial charge >= 0.3 is 7.60 Å². The van der Waals surface area contributed by atoms with Crippen LogP contribution in [-0.2, 0) is 17.1 Å². The molecule has 0 aliphatic carbocycles. The molecule has 0 saturated heterocycles. The number of benzene rings is 1. The topological polar surface area (TPSA) is 94.8 Å². The van der Waals surface area contributed by atoms with Crippen molar-refractivity contribution in [2.24, 2.45) is 0 Å².